The highest BCUT2D eigenvalue weighted by Gasteiger charge is 2.22. The van der Waals surface area contributed by atoms with Gasteiger partial charge in [0.25, 0.3) is 0 Å². The molecule has 16 heavy (non-hydrogen) atoms. The molecule has 3 heteroatoms. The van der Waals surface area contributed by atoms with Crippen LogP contribution in [0.2, 0.25) is 0 Å². The molecule has 0 aromatic carbocycles. The fraction of sp³-hybridized carbons (Fsp3) is 1.00. The van der Waals surface area contributed by atoms with E-state index in [1.807, 2.05) is 0 Å². The first-order chi connectivity index (χ1) is 7.44. The molecule has 0 aliphatic heterocycles. The van der Waals surface area contributed by atoms with Crippen molar-refractivity contribution in [2.75, 3.05) is 20.8 Å². The minimum atomic E-state index is -0.145. The second kappa shape index (κ2) is 8.04. The van der Waals surface area contributed by atoms with Crippen LogP contribution in [0.1, 0.15) is 47.0 Å². The molecule has 98 valence electrons. The van der Waals surface area contributed by atoms with E-state index >= 15 is 0 Å². The van der Waals surface area contributed by atoms with Crippen molar-refractivity contribution in [1.29, 1.82) is 0 Å². The van der Waals surface area contributed by atoms with E-state index in [-0.39, 0.29) is 12.3 Å². The molecule has 0 aliphatic carbocycles. The number of hydrogen-bond donors (Lipinski definition) is 1. The summed E-state index contributed by atoms with van der Waals surface area (Å²) in [6.45, 7) is 9.97. The van der Waals surface area contributed by atoms with Gasteiger partial charge >= 0.3 is 0 Å². The van der Waals surface area contributed by atoms with Crippen LogP contribution in [0.25, 0.3) is 0 Å². The van der Waals surface area contributed by atoms with Gasteiger partial charge in [0.05, 0.1) is 6.04 Å². The van der Waals surface area contributed by atoms with Crippen LogP contribution in [0.4, 0.5) is 0 Å². The fourth-order valence-corrected chi connectivity index (χ4v) is 1.68. The number of ether oxygens (including phenoxy) is 2. The SMILES string of the molecule is CCCNC(CCC(C)(C)C)C(OC)OC. The van der Waals surface area contributed by atoms with Crippen molar-refractivity contribution < 1.29 is 9.47 Å². The average molecular weight is 231 g/mol. The summed E-state index contributed by atoms with van der Waals surface area (Å²) in [6.07, 6.45) is 3.23. The maximum absolute atomic E-state index is 5.34. The van der Waals surface area contributed by atoms with E-state index in [4.69, 9.17) is 9.47 Å². The van der Waals surface area contributed by atoms with Gasteiger partial charge in [0, 0.05) is 14.2 Å². The molecule has 0 rings (SSSR count). The summed E-state index contributed by atoms with van der Waals surface area (Å²) in [5, 5.41) is 3.49. The van der Waals surface area contributed by atoms with Gasteiger partial charge in [0.15, 0.2) is 6.29 Å². The molecule has 0 bridgehead atoms. The first kappa shape index (κ1) is 15.9. The largest absolute Gasteiger partial charge is 0.354 e. The Morgan fingerprint density at radius 2 is 1.69 bits per heavy atom. The van der Waals surface area contributed by atoms with Crippen LogP contribution in [0.5, 0.6) is 0 Å². The van der Waals surface area contributed by atoms with Crippen molar-refractivity contribution in [1.82, 2.24) is 5.32 Å². The topological polar surface area (TPSA) is 30.5 Å². The van der Waals surface area contributed by atoms with E-state index in [0.29, 0.717) is 5.41 Å². The molecule has 0 aliphatic rings. The lowest BCUT2D eigenvalue weighted by molar-refractivity contribution is -0.125. The van der Waals surface area contributed by atoms with E-state index < -0.39 is 0 Å². The lowest BCUT2D eigenvalue weighted by atomic mass is 9.88. The summed E-state index contributed by atoms with van der Waals surface area (Å²) in [5.74, 6) is 0. The summed E-state index contributed by atoms with van der Waals surface area (Å²) in [4.78, 5) is 0. The zero-order valence-corrected chi connectivity index (χ0v) is 11.8. The summed E-state index contributed by atoms with van der Waals surface area (Å²) < 4.78 is 10.7. The molecule has 0 fully saturated rings. The van der Waals surface area contributed by atoms with Crippen LogP contribution < -0.4 is 5.32 Å². The van der Waals surface area contributed by atoms with Crippen molar-refractivity contribution in [3.63, 3.8) is 0 Å². The molecule has 0 amide bonds. The van der Waals surface area contributed by atoms with Crippen molar-refractivity contribution in [2.45, 2.75) is 59.3 Å². The number of nitrogens with one attached hydrogen (secondary N) is 1. The van der Waals surface area contributed by atoms with Gasteiger partial charge in [-0.2, -0.15) is 0 Å². The predicted octanol–water partition coefficient (Wildman–Crippen LogP) is 2.80. The molecule has 0 spiro atoms. The quantitative estimate of drug-likeness (QED) is 0.652. The van der Waals surface area contributed by atoms with Crippen LogP contribution in [0.3, 0.4) is 0 Å². The van der Waals surface area contributed by atoms with E-state index in [0.717, 1.165) is 25.8 Å². The maximum atomic E-state index is 5.34. The highest BCUT2D eigenvalue weighted by Crippen LogP contribution is 2.23. The molecule has 1 unspecified atom stereocenters. The van der Waals surface area contributed by atoms with Crippen molar-refractivity contribution >= 4 is 0 Å². The molecule has 1 N–H and O–H groups in total. The Kier molecular flexibility index (Phi) is 7.98. The van der Waals surface area contributed by atoms with E-state index in [9.17, 15) is 0 Å². The third-order valence-electron chi connectivity index (χ3n) is 2.66. The van der Waals surface area contributed by atoms with Crippen LogP contribution in [0.15, 0.2) is 0 Å². The van der Waals surface area contributed by atoms with Crippen LogP contribution >= 0.6 is 0 Å². The lowest BCUT2D eigenvalue weighted by Gasteiger charge is -2.28. The predicted molar refractivity (Wildman–Crippen MR) is 68.6 cm³/mol. The molecule has 1 atom stereocenters. The maximum Gasteiger partial charge on any atom is 0.171 e. The number of hydrogen-bond acceptors (Lipinski definition) is 3. The Hall–Kier alpha value is -0.120. The Labute approximate surface area is 101 Å². The van der Waals surface area contributed by atoms with E-state index in [2.05, 4.69) is 33.0 Å². The fourth-order valence-electron chi connectivity index (χ4n) is 1.68. The zero-order valence-electron chi connectivity index (χ0n) is 11.8. The van der Waals surface area contributed by atoms with Gasteiger partial charge in [-0.15, -0.1) is 0 Å². The summed E-state index contributed by atoms with van der Waals surface area (Å²) in [7, 11) is 3.40. The van der Waals surface area contributed by atoms with Crippen LogP contribution in [-0.4, -0.2) is 33.1 Å². The Morgan fingerprint density at radius 3 is 2.06 bits per heavy atom. The molecule has 0 heterocycles. The van der Waals surface area contributed by atoms with Gasteiger partial charge < -0.3 is 14.8 Å². The van der Waals surface area contributed by atoms with Gasteiger partial charge in [-0.3, -0.25) is 0 Å². The highest BCUT2D eigenvalue weighted by molar-refractivity contribution is 4.74. The molecule has 0 radical (unpaired) electrons. The first-order valence-electron chi connectivity index (χ1n) is 6.23. The second-order valence-electron chi connectivity index (χ2n) is 5.50. The zero-order chi connectivity index (χ0) is 12.6. The van der Waals surface area contributed by atoms with Gasteiger partial charge in [-0.1, -0.05) is 27.7 Å². The van der Waals surface area contributed by atoms with E-state index in [1.54, 1.807) is 14.2 Å². The summed E-state index contributed by atoms with van der Waals surface area (Å²) in [6, 6.07) is 0.286. The molecule has 0 aromatic rings. The summed E-state index contributed by atoms with van der Waals surface area (Å²) >= 11 is 0. The first-order valence-corrected chi connectivity index (χ1v) is 6.23. The average Bonchev–Trinajstić information content (AvgIpc) is 2.21. The van der Waals surface area contributed by atoms with E-state index in [1.165, 1.54) is 0 Å². The van der Waals surface area contributed by atoms with Crippen LogP contribution in [-0.2, 0) is 9.47 Å². The second-order valence-corrected chi connectivity index (χ2v) is 5.50. The minimum Gasteiger partial charge on any atom is -0.354 e. The van der Waals surface area contributed by atoms with Crippen molar-refractivity contribution in [3.05, 3.63) is 0 Å². The van der Waals surface area contributed by atoms with Gasteiger partial charge in [0.1, 0.15) is 0 Å². The monoisotopic (exact) mass is 231 g/mol. The van der Waals surface area contributed by atoms with Gasteiger partial charge in [-0.05, 0) is 31.2 Å². The molecule has 0 saturated heterocycles. The molecule has 3 nitrogen and oxygen atoms in total. The molecular weight excluding hydrogens is 202 g/mol. The Balaban J connectivity index is 4.18. The third kappa shape index (κ3) is 7.20. The standard InChI is InChI=1S/C13H29NO2/c1-7-10-14-11(12(15-5)16-6)8-9-13(2,3)4/h11-12,14H,7-10H2,1-6H3. The lowest BCUT2D eigenvalue weighted by Crippen LogP contribution is -2.42. The molecule has 0 aromatic heterocycles. The van der Waals surface area contributed by atoms with Crippen LogP contribution in [0, 0.1) is 5.41 Å². The van der Waals surface area contributed by atoms with Gasteiger partial charge in [-0.25, -0.2) is 0 Å². The Bertz CT molecular complexity index is 162. The third-order valence-corrected chi connectivity index (χ3v) is 2.66. The highest BCUT2D eigenvalue weighted by atomic mass is 16.7. The number of rotatable bonds is 8. The smallest absolute Gasteiger partial charge is 0.171 e. The molecular formula is C13H29NO2. The molecule has 0 saturated carbocycles. The number of methoxy groups -OCH3 is 2. The Morgan fingerprint density at radius 1 is 1.12 bits per heavy atom. The normalized spacial score (nSPS) is 14.4. The van der Waals surface area contributed by atoms with Crippen molar-refractivity contribution in [2.24, 2.45) is 5.41 Å². The minimum absolute atomic E-state index is 0.145. The van der Waals surface area contributed by atoms with Crippen molar-refractivity contribution in [3.8, 4) is 0 Å². The summed E-state index contributed by atoms with van der Waals surface area (Å²) in [5.41, 5.74) is 0.359. The van der Waals surface area contributed by atoms with Gasteiger partial charge in [0.2, 0.25) is 0 Å².